The Morgan fingerprint density at radius 1 is 1.12 bits per heavy atom. The van der Waals surface area contributed by atoms with Gasteiger partial charge in [0.25, 0.3) is 5.91 Å². The van der Waals surface area contributed by atoms with Crippen molar-refractivity contribution in [2.45, 2.75) is 0 Å². The topological polar surface area (TPSA) is 70.9 Å². The Morgan fingerprint density at radius 2 is 1.92 bits per heavy atom. The van der Waals surface area contributed by atoms with Crippen molar-refractivity contribution in [3.05, 3.63) is 70.7 Å². The maximum absolute atomic E-state index is 11.8. The number of nitrogens with zero attached hydrogens (tertiary/aromatic N) is 1. The lowest BCUT2D eigenvalue weighted by molar-refractivity contribution is -0.123. The van der Waals surface area contributed by atoms with E-state index >= 15 is 0 Å². The van der Waals surface area contributed by atoms with Crippen molar-refractivity contribution in [1.82, 2.24) is 5.43 Å². The fourth-order valence-corrected chi connectivity index (χ4v) is 2.62. The second-order valence-electron chi connectivity index (χ2n) is 5.29. The van der Waals surface area contributed by atoms with E-state index in [9.17, 15) is 9.90 Å². The lowest BCUT2D eigenvalue weighted by Crippen LogP contribution is -2.24. The summed E-state index contributed by atoms with van der Waals surface area (Å²) in [5.41, 5.74) is 2.86. The molecular weight excluding hydrogens is 384 g/mol. The second kappa shape index (κ2) is 7.81. The standard InChI is InChI=1S/C19H15BrN2O3/c20-16-6-8-18(23)15(9-16)11-21-22-19(24)12-25-17-7-5-13-3-1-2-4-14(13)10-17/h1-11,23H,12H2,(H,22,24)/b21-11-. The van der Waals surface area contributed by atoms with Crippen molar-refractivity contribution in [1.29, 1.82) is 0 Å². The van der Waals surface area contributed by atoms with E-state index in [2.05, 4.69) is 26.5 Å². The molecule has 0 aromatic heterocycles. The van der Waals surface area contributed by atoms with Crippen molar-refractivity contribution in [2.75, 3.05) is 6.61 Å². The highest BCUT2D eigenvalue weighted by Crippen LogP contribution is 2.21. The molecule has 0 unspecified atom stereocenters. The number of nitrogens with one attached hydrogen (secondary N) is 1. The number of carbonyl (C=O) groups is 1. The number of ether oxygens (including phenoxy) is 1. The number of hydrazone groups is 1. The van der Waals surface area contributed by atoms with Crippen molar-refractivity contribution in [3.8, 4) is 11.5 Å². The number of rotatable bonds is 5. The van der Waals surface area contributed by atoms with Crippen LogP contribution in [0.15, 0.2) is 70.2 Å². The Morgan fingerprint density at radius 3 is 2.76 bits per heavy atom. The summed E-state index contributed by atoms with van der Waals surface area (Å²) in [5, 5.41) is 15.7. The highest BCUT2D eigenvalue weighted by molar-refractivity contribution is 9.10. The van der Waals surface area contributed by atoms with E-state index in [0.29, 0.717) is 11.3 Å². The smallest absolute Gasteiger partial charge is 0.277 e. The predicted octanol–water partition coefficient (Wildman–Crippen LogP) is 3.84. The largest absolute Gasteiger partial charge is 0.507 e. The van der Waals surface area contributed by atoms with Crippen LogP contribution in [-0.4, -0.2) is 23.8 Å². The average molecular weight is 399 g/mol. The first-order valence-corrected chi connectivity index (χ1v) is 8.33. The molecule has 5 nitrogen and oxygen atoms in total. The molecule has 0 spiro atoms. The Hall–Kier alpha value is -2.86. The number of hydrogen-bond acceptors (Lipinski definition) is 4. The lowest BCUT2D eigenvalue weighted by Gasteiger charge is -2.06. The molecule has 0 saturated carbocycles. The van der Waals surface area contributed by atoms with E-state index in [1.165, 1.54) is 12.3 Å². The molecule has 0 aliphatic carbocycles. The number of aromatic hydroxyl groups is 1. The molecule has 0 bridgehead atoms. The van der Waals surface area contributed by atoms with Crippen LogP contribution in [0.2, 0.25) is 0 Å². The van der Waals surface area contributed by atoms with Gasteiger partial charge in [-0.15, -0.1) is 0 Å². The van der Waals surface area contributed by atoms with Gasteiger partial charge in [0.2, 0.25) is 0 Å². The summed E-state index contributed by atoms with van der Waals surface area (Å²) < 4.78 is 6.28. The highest BCUT2D eigenvalue weighted by atomic mass is 79.9. The molecule has 3 rings (SSSR count). The molecule has 0 fully saturated rings. The number of phenolic OH excluding ortho intramolecular Hbond substituents is 1. The van der Waals surface area contributed by atoms with Crippen molar-refractivity contribution in [3.63, 3.8) is 0 Å². The molecule has 25 heavy (non-hydrogen) atoms. The highest BCUT2D eigenvalue weighted by Gasteiger charge is 2.03. The molecule has 6 heteroatoms. The Bertz CT molecular complexity index is 941. The Balaban J connectivity index is 1.55. The van der Waals surface area contributed by atoms with Crippen LogP contribution in [-0.2, 0) is 4.79 Å². The van der Waals surface area contributed by atoms with Gasteiger partial charge in [0, 0.05) is 10.0 Å². The first kappa shape index (κ1) is 17.0. The van der Waals surface area contributed by atoms with E-state index in [-0.39, 0.29) is 18.3 Å². The zero-order valence-electron chi connectivity index (χ0n) is 13.1. The summed E-state index contributed by atoms with van der Waals surface area (Å²) in [5.74, 6) is 0.301. The molecule has 0 aliphatic heterocycles. The minimum atomic E-state index is -0.390. The SMILES string of the molecule is O=C(COc1ccc2ccccc2c1)N/N=C\c1cc(Br)ccc1O. The van der Waals surface area contributed by atoms with Crippen molar-refractivity contribution < 1.29 is 14.6 Å². The summed E-state index contributed by atoms with van der Waals surface area (Å²) in [6.45, 7) is -0.153. The number of fused-ring (bicyclic) bond motifs is 1. The van der Waals surface area contributed by atoms with Gasteiger partial charge in [-0.1, -0.05) is 46.3 Å². The molecule has 0 saturated heterocycles. The van der Waals surface area contributed by atoms with Crippen LogP contribution >= 0.6 is 15.9 Å². The van der Waals surface area contributed by atoms with Gasteiger partial charge in [-0.2, -0.15) is 5.10 Å². The number of phenols is 1. The summed E-state index contributed by atoms with van der Waals surface area (Å²) in [7, 11) is 0. The number of hydrogen-bond donors (Lipinski definition) is 2. The number of halogens is 1. The minimum Gasteiger partial charge on any atom is -0.507 e. The van der Waals surface area contributed by atoms with E-state index in [4.69, 9.17) is 4.74 Å². The number of carbonyl (C=O) groups excluding carboxylic acids is 1. The molecule has 1 amide bonds. The second-order valence-corrected chi connectivity index (χ2v) is 6.21. The van der Waals surface area contributed by atoms with Crippen LogP contribution < -0.4 is 10.2 Å². The minimum absolute atomic E-state index is 0.0774. The van der Waals surface area contributed by atoms with E-state index in [0.717, 1.165) is 15.2 Å². The molecule has 3 aromatic rings. The third kappa shape index (κ3) is 4.58. The number of amides is 1. The van der Waals surface area contributed by atoms with Gasteiger partial charge in [0.1, 0.15) is 11.5 Å². The average Bonchev–Trinajstić information content (AvgIpc) is 2.62. The van der Waals surface area contributed by atoms with Crippen LogP contribution in [0, 0.1) is 0 Å². The number of benzene rings is 3. The molecule has 0 radical (unpaired) electrons. The molecule has 0 aliphatic rings. The molecular formula is C19H15BrN2O3. The van der Waals surface area contributed by atoms with Crippen molar-refractivity contribution in [2.24, 2.45) is 5.10 Å². The van der Waals surface area contributed by atoms with Gasteiger partial charge in [-0.3, -0.25) is 4.79 Å². The Kier molecular flexibility index (Phi) is 5.30. The van der Waals surface area contributed by atoms with Gasteiger partial charge in [-0.05, 0) is 41.1 Å². The van der Waals surface area contributed by atoms with Crippen LogP contribution in [0.25, 0.3) is 10.8 Å². The summed E-state index contributed by atoms with van der Waals surface area (Å²) in [6.07, 6.45) is 1.37. The lowest BCUT2D eigenvalue weighted by atomic mass is 10.1. The van der Waals surface area contributed by atoms with E-state index in [1.807, 2.05) is 42.5 Å². The quantitative estimate of drug-likeness (QED) is 0.506. The third-order valence-corrected chi connectivity index (χ3v) is 3.97. The normalized spacial score (nSPS) is 10.9. The van der Waals surface area contributed by atoms with Gasteiger partial charge in [-0.25, -0.2) is 5.43 Å². The van der Waals surface area contributed by atoms with Crippen LogP contribution in [0.1, 0.15) is 5.56 Å². The zero-order valence-corrected chi connectivity index (χ0v) is 14.7. The van der Waals surface area contributed by atoms with Gasteiger partial charge in [0.15, 0.2) is 6.61 Å². The van der Waals surface area contributed by atoms with Gasteiger partial charge in [0.05, 0.1) is 6.21 Å². The first-order chi connectivity index (χ1) is 12.1. The molecule has 2 N–H and O–H groups in total. The molecule has 0 heterocycles. The maximum Gasteiger partial charge on any atom is 0.277 e. The molecule has 3 aromatic carbocycles. The summed E-state index contributed by atoms with van der Waals surface area (Å²) in [4.78, 5) is 11.8. The van der Waals surface area contributed by atoms with Gasteiger partial charge < -0.3 is 9.84 Å². The maximum atomic E-state index is 11.8. The van der Waals surface area contributed by atoms with Crippen LogP contribution in [0.3, 0.4) is 0 Å². The fraction of sp³-hybridized carbons (Fsp3) is 0.0526. The van der Waals surface area contributed by atoms with Crippen LogP contribution in [0.5, 0.6) is 11.5 Å². The molecule has 126 valence electrons. The molecule has 0 atom stereocenters. The first-order valence-electron chi connectivity index (χ1n) is 7.54. The van der Waals surface area contributed by atoms with E-state index < -0.39 is 0 Å². The van der Waals surface area contributed by atoms with E-state index in [1.54, 1.807) is 12.1 Å². The monoisotopic (exact) mass is 398 g/mol. The summed E-state index contributed by atoms with van der Waals surface area (Å²) in [6, 6.07) is 18.5. The third-order valence-electron chi connectivity index (χ3n) is 3.47. The van der Waals surface area contributed by atoms with Gasteiger partial charge >= 0.3 is 0 Å². The Labute approximate surface area is 153 Å². The fourth-order valence-electron chi connectivity index (χ4n) is 2.24. The zero-order chi connectivity index (χ0) is 17.6. The van der Waals surface area contributed by atoms with Crippen molar-refractivity contribution >= 4 is 38.8 Å². The van der Waals surface area contributed by atoms with Crippen LogP contribution in [0.4, 0.5) is 0 Å². The summed E-state index contributed by atoms with van der Waals surface area (Å²) >= 11 is 3.30. The predicted molar refractivity (Wildman–Crippen MR) is 101 cm³/mol.